The first-order chi connectivity index (χ1) is 11.1. The van der Waals surface area contributed by atoms with E-state index in [0.29, 0.717) is 5.92 Å². The zero-order chi connectivity index (χ0) is 16.0. The van der Waals surface area contributed by atoms with Crippen LogP contribution in [0.1, 0.15) is 50.5 Å². The molecule has 1 aromatic rings. The molecule has 4 nitrogen and oxygen atoms in total. The molecule has 1 saturated carbocycles. The van der Waals surface area contributed by atoms with E-state index >= 15 is 0 Å². The van der Waals surface area contributed by atoms with Gasteiger partial charge in [0.2, 0.25) is 11.8 Å². The van der Waals surface area contributed by atoms with Gasteiger partial charge >= 0.3 is 0 Å². The Morgan fingerprint density at radius 3 is 2.70 bits per heavy atom. The summed E-state index contributed by atoms with van der Waals surface area (Å²) in [7, 11) is 0. The van der Waals surface area contributed by atoms with Gasteiger partial charge in [-0.05, 0) is 61.4 Å². The van der Waals surface area contributed by atoms with Crippen LogP contribution in [-0.2, 0) is 9.59 Å². The fraction of sp³-hybridized carbons (Fsp3) is 0.667. The Morgan fingerprint density at radius 1 is 1.17 bits per heavy atom. The minimum absolute atomic E-state index is 0.182. The minimum atomic E-state index is -0.202. The number of likely N-dealkylation sites (tertiary alicyclic amines) is 2. The Kier molecular flexibility index (Phi) is 3.92. The highest BCUT2D eigenvalue weighted by Gasteiger charge is 2.44. The second-order valence-electron chi connectivity index (χ2n) is 7.29. The van der Waals surface area contributed by atoms with Crippen molar-refractivity contribution in [1.82, 2.24) is 9.80 Å². The van der Waals surface area contributed by atoms with Crippen molar-refractivity contribution in [1.29, 1.82) is 0 Å². The largest absolute Gasteiger partial charge is 0.338 e. The number of hydrogen-bond donors (Lipinski definition) is 0. The molecule has 23 heavy (non-hydrogen) atoms. The van der Waals surface area contributed by atoms with Crippen molar-refractivity contribution in [3.63, 3.8) is 0 Å². The van der Waals surface area contributed by atoms with Gasteiger partial charge in [-0.25, -0.2) is 0 Å². The summed E-state index contributed by atoms with van der Waals surface area (Å²) < 4.78 is 0. The zero-order valence-electron chi connectivity index (χ0n) is 13.6. The maximum Gasteiger partial charge on any atom is 0.245 e. The summed E-state index contributed by atoms with van der Waals surface area (Å²) in [6.07, 6.45) is 4.85. The molecular formula is C18H24N2O2S. The topological polar surface area (TPSA) is 40.6 Å². The van der Waals surface area contributed by atoms with Crippen LogP contribution < -0.4 is 0 Å². The maximum atomic E-state index is 13.1. The monoisotopic (exact) mass is 332 g/mol. The Morgan fingerprint density at radius 2 is 2.00 bits per heavy atom. The molecule has 1 aromatic heterocycles. The van der Waals surface area contributed by atoms with E-state index in [-0.39, 0.29) is 29.8 Å². The van der Waals surface area contributed by atoms with E-state index in [9.17, 15) is 9.59 Å². The summed E-state index contributed by atoms with van der Waals surface area (Å²) >= 11 is 1.72. The Labute approximate surface area is 141 Å². The van der Waals surface area contributed by atoms with Crippen LogP contribution >= 0.6 is 11.3 Å². The van der Waals surface area contributed by atoms with Crippen molar-refractivity contribution in [3.8, 4) is 0 Å². The molecule has 2 saturated heterocycles. The average molecular weight is 332 g/mol. The van der Waals surface area contributed by atoms with Crippen molar-refractivity contribution in [2.45, 2.75) is 57.0 Å². The van der Waals surface area contributed by atoms with E-state index in [2.05, 4.69) is 23.8 Å². The van der Waals surface area contributed by atoms with Crippen molar-refractivity contribution < 1.29 is 9.59 Å². The zero-order valence-corrected chi connectivity index (χ0v) is 14.4. The molecule has 124 valence electrons. The minimum Gasteiger partial charge on any atom is -0.338 e. The van der Waals surface area contributed by atoms with E-state index < -0.39 is 0 Å². The second kappa shape index (κ2) is 5.93. The van der Waals surface area contributed by atoms with E-state index in [0.717, 1.165) is 45.2 Å². The fourth-order valence-electron chi connectivity index (χ4n) is 4.13. The first-order valence-corrected chi connectivity index (χ1v) is 9.72. The second-order valence-corrected chi connectivity index (χ2v) is 8.07. The SMILES string of the molecule is C[C@@H]1C[C@H](c2ccsc2)CN1C(=O)[C@@H]1CCCN1C(=O)C1CC1. The first-order valence-electron chi connectivity index (χ1n) is 8.78. The van der Waals surface area contributed by atoms with Gasteiger partial charge in [-0.15, -0.1) is 0 Å². The van der Waals surface area contributed by atoms with Crippen molar-refractivity contribution in [2.24, 2.45) is 5.92 Å². The van der Waals surface area contributed by atoms with Crippen LogP contribution in [-0.4, -0.2) is 46.8 Å². The van der Waals surface area contributed by atoms with Crippen LogP contribution in [0.15, 0.2) is 16.8 Å². The molecule has 0 N–H and O–H groups in total. The number of nitrogens with zero attached hydrogens (tertiary/aromatic N) is 2. The molecule has 1 aliphatic carbocycles. The molecular weight excluding hydrogens is 308 g/mol. The van der Waals surface area contributed by atoms with Crippen LogP contribution in [0.4, 0.5) is 0 Å². The number of rotatable bonds is 3. The Bertz CT molecular complexity index is 596. The highest BCUT2D eigenvalue weighted by molar-refractivity contribution is 7.08. The number of amides is 2. The Balaban J connectivity index is 1.46. The third-order valence-corrected chi connectivity index (χ3v) is 6.32. The summed E-state index contributed by atoms with van der Waals surface area (Å²) in [5.74, 6) is 1.07. The van der Waals surface area contributed by atoms with Gasteiger partial charge in [0.1, 0.15) is 6.04 Å². The highest BCUT2D eigenvalue weighted by Crippen LogP contribution is 2.36. The molecule has 4 rings (SSSR count). The predicted molar refractivity (Wildman–Crippen MR) is 90.3 cm³/mol. The van der Waals surface area contributed by atoms with E-state index in [1.165, 1.54) is 5.56 Å². The van der Waals surface area contributed by atoms with E-state index in [4.69, 9.17) is 0 Å². The molecule has 0 unspecified atom stereocenters. The standard InChI is InChI=1S/C18H24N2O2S/c1-12-9-15(14-6-8-23-11-14)10-20(12)18(22)16-3-2-7-19(16)17(21)13-4-5-13/h6,8,11-13,15-16H,2-5,7,9-10H2,1H3/t12-,15+,16+/m1/s1. The van der Waals surface area contributed by atoms with Gasteiger partial charge in [0.15, 0.2) is 0 Å². The van der Waals surface area contributed by atoms with Crippen LogP contribution in [0.3, 0.4) is 0 Å². The normalized spacial score (nSPS) is 30.9. The van der Waals surface area contributed by atoms with E-state index in [1.54, 1.807) is 11.3 Å². The molecule has 3 heterocycles. The molecule has 3 fully saturated rings. The number of hydrogen-bond acceptors (Lipinski definition) is 3. The lowest BCUT2D eigenvalue weighted by molar-refractivity contribution is -0.144. The lowest BCUT2D eigenvalue weighted by atomic mass is 10.00. The Hall–Kier alpha value is -1.36. The average Bonchev–Trinajstić information content (AvgIpc) is 2.97. The van der Waals surface area contributed by atoms with Gasteiger partial charge in [0.25, 0.3) is 0 Å². The summed E-state index contributed by atoms with van der Waals surface area (Å²) in [5, 5.41) is 4.31. The van der Waals surface area contributed by atoms with Crippen LogP contribution in [0.2, 0.25) is 0 Å². The predicted octanol–water partition coefficient (Wildman–Crippen LogP) is 2.85. The summed E-state index contributed by atoms with van der Waals surface area (Å²) in [4.78, 5) is 29.4. The third kappa shape index (κ3) is 2.80. The van der Waals surface area contributed by atoms with Gasteiger partial charge in [-0.2, -0.15) is 11.3 Å². The van der Waals surface area contributed by atoms with Gasteiger partial charge < -0.3 is 9.80 Å². The third-order valence-electron chi connectivity index (χ3n) is 5.62. The lowest BCUT2D eigenvalue weighted by Gasteiger charge is -2.30. The lowest BCUT2D eigenvalue weighted by Crippen LogP contribution is -2.49. The smallest absolute Gasteiger partial charge is 0.245 e. The molecule has 0 spiro atoms. The molecule has 5 heteroatoms. The summed E-state index contributed by atoms with van der Waals surface area (Å²) in [6, 6.07) is 2.24. The van der Waals surface area contributed by atoms with Gasteiger partial charge in [-0.3, -0.25) is 9.59 Å². The van der Waals surface area contributed by atoms with E-state index in [1.807, 2.05) is 9.80 Å². The number of thiophene rings is 1. The quantitative estimate of drug-likeness (QED) is 0.854. The fourth-order valence-corrected chi connectivity index (χ4v) is 4.87. The molecule has 0 bridgehead atoms. The maximum absolute atomic E-state index is 13.1. The molecule has 0 radical (unpaired) electrons. The summed E-state index contributed by atoms with van der Waals surface area (Å²) in [6.45, 7) is 3.72. The van der Waals surface area contributed by atoms with Crippen LogP contribution in [0, 0.1) is 5.92 Å². The van der Waals surface area contributed by atoms with Crippen LogP contribution in [0.25, 0.3) is 0 Å². The van der Waals surface area contributed by atoms with Crippen molar-refractivity contribution in [2.75, 3.05) is 13.1 Å². The van der Waals surface area contributed by atoms with Gasteiger partial charge in [0, 0.05) is 31.0 Å². The summed E-state index contributed by atoms with van der Waals surface area (Å²) in [5.41, 5.74) is 1.36. The highest BCUT2D eigenvalue weighted by atomic mass is 32.1. The molecule has 3 aliphatic rings. The molecule has 2 aliphatic heterocycles. The molecule has 0 aromatic carbocycles. The molecule has 2 amide bonds. The van der Waals surface area contributed by atoms with Crippen molar-refractivity contribution in [3.05, 3.63) is 22.4 Å². The van der Waals surface area contributed by atoms with Gasteiger partial charge in [-0.1, -0.05) is 0 Å². The number of carbonyl (C=O) groups is 2. The first kappa shape index (κ1) is 15.2. The van der Waals surface area contributed by atoms with Crippen molar-refractivity contribution >= 4 is 23.2 Å². The number of carbonyl (C=O) groups excluding carboxylic acids is 2. The van der Waals surface area contributed by atoms with Crippen LogP contribution in [0.5, 0.6) is 0 Å². The van der Waals surface area contributed by atoms with Gasteiger partial charge in [0.05, 0.1) is 0 Å². The molecule has 3 atom stereocenters.